The number of carbonyl (C=O) groups is 1. The van der Waals surface area contributed by atoms with Gasteiger partial charge in [-0.3, -0.25) is 9.69 Å². The second-order valence-corrected chi connectivity index (χ2v) is 8.15. The zero-order valence-electron chi connectivity index (χ0n) is 18.1. The number of oxazole rings is 1. The van der Waals surface area contributed by atoms with E-state index < -0.39 is 0 Å². The van der Waals surface area contributed by atoms with Crippen molar-refractivity contribution in [2.24, 2.45) is 0 Å². The highest BCUT2D eigenvalue weighted by Gasteiger charge is 2.31. The molecule has 1 aliphatic heterocycles. The summed E-state index contributed by atoms with van der Waals surface area (Å²) in [5.41, 5.74) is 1.61. The van der Waals surface area contributed by atoms with Gasteiger partial charge < -0.3 is 18.8 Å². The Hall–Kier alpha value is -2.54. The number of ether oxygens (including phenoxy) is 2. The van der Waals surface area contributed by atoms with Crippen molar-refractivity contribution in [1.82, 2.24) is 14.8 Å². The first-order chi connectivity index (χ1) is 14.6. The molecule has 0 bridgehead atoms. The largest absolute Gasteiger partial charge is 0.493 e. The number of para-hydroxylation sites is 1. The third kappa shape index (κ3) is 4.17. The molecular weight excluding hydrogens is 382 g/mol. The predicted molar refractivity (Wildman–Crippen MR) is 114 cm³/mol. The quantitative estimate of drug-likeness (QED) is 0.720. The van der Waals surface area contributed by atoms with E-state index in [1.807, 2.05) is 25.1 Å². The van der Waals surface area contributed by atoms with Crippen LogP contribution < -0.4 is 9.47 Å². The first-order valence-electron chi connectivity index (χ1n) is 10.8. The molecule has 1 saturated carbocycles. The zero-order chi connectivity index (χ0) is 21.1. The van der Waals surface area contributed by atoms with Crippen molar-refractivity contribution in [1.29, 1.82) is 0 Å². The molecule has 1 aromatic carbocycles. The fraction of sp³-hybridized carbons (Fsp3) is 0.565. The van der Waals surface area contributed by atoms with Crippen LogP contribution in [0.15, 0.2) is 22.6 Å². The van der Waals surface area contributed by atoms with Gasteiger partial charge in [0, 0.05) is 25.7 Å². The molecule has 2 heterocycles. The smallest absolute Gasteiger partial charge is 0.237 e. The Bertz CT molecular complexity index is 889. The number of aromatic nitrogens is 1. The molecule has 2 fully saturated rings. The van der Waals surface area contributed by atoms with Crippen LogP contribution in [0, 0.1) is 6.92 Å². The van der Waals surface area contributed by atoms with Gasteiger partial charge in [0.2, 0.25) is 11.8 Å². The molecule has 7 nitrogen and oxygen atoms in total. The summed E-state index contributed by atoms with van der Waals surface area (Å²) in [5, 5.41) is 0. The van der Waals surface area contributed by atoms with Crippen LogP contribution in [0.3, 0.4) is 0 Å². The molecule has 0 N–H and O–H groups in total. The van der Waals surface area contributed by atoms with E-state index in [2.05, 4.69) is 9.80 Å². The molecule has 2 aliphatic rings. The van der Waals surface area contributed by atoms with Crippen LogP contribution in [0.25, 0.3) is 11.5 Å². The van der Waals surface area contributed by atoms with E-state index in [9.17, 15) is 4.79 Å². The number of benzene rings is 1. The number of aryl methyl sites for hydroxylation is 1. The third-order valence-electron chi connectivity index (χ3n) is 6.25. The van der Waals surface area contributed by atoms with Crippen molar-refractivity contribution in [3.63, 3.8) is 0 Å². The molecule has 1 saturated heterocycles. The molecule has 1 aromatic heterocycles. The van der Waals surface area contributed by atoms with Crippen LogP contribution in [0.4, 0.5) is 0 Å². The van der Waals surface area contributed by atoms with Gasteiger partial charge in [0.05, 0.1) is 32.0 Å². The lowest BCUT2D eigenvalue weighted by Gasteiger charge is -2.40. The molecule has 2 aromatic rings. The van der Waals surface area contributed by atoms with E-state index >= 15 is 0 Å². The number of amides is 1. The molecule has 0 radical (unpaired) electrons. The summed E-state index contributed by atoms with van der Waals surface area (Å²) >= 11 is 0. The number of nitrogens with zero attached hydrogens (tertiary/aromatic N) is 3. The average molecular weight is 414 g/mol. The highest BCUT2D eigenvalue weighted by atomic mass is 16.5. The molecule has 30 heavy (non-hydrogen) atoms. The van der Waals surface area contributed by atoms with Crippen LogP contribution in [-0.4, -0.2) is 60.6 Å². The molecule has 162 valence electrons. The van der Waals surface area contributed by atoms with Crippen molar-refractivity contribution in [3.8, 4) is 23.0 Å². The lowest BCUT2D eigenvalue weighted by Crippen LogP contribution is -2.54. The van der Waals surface area contributed by atoms with E-state index in [1.54, 1.807) is 14.2 Å². The fourth-order valence-corrected chi connectivity index (χ4v) is 4.61. The first-order valence-corrected chi connectivity index (χ1v) is 10.8. The summed E-state index contributed by atoms with van der Waals surface area (Å²) in [6, 6.07) is 6.08. The Morgan fingerprint density at radius 2 is 1.93 bits per heavy atom. The normalized spacial score (nSPS) is 18.6. The minimum Gasteiger partial charge on any atom is -0.493 e. The Kier molecular flexibility index (Phi) is 6.27. The van der Waals surface area contributed by atoms with Crippen LogP contribution in [0.2, 0.25) is 0 Å². The van der Waals surface area contributed by atoms with Gasteiger partial charge >= 0.3 is 0 Å². The number of hydrogen-bond donors (Lipinski definition) is 0. The number of piperazine rings is 1. The Morgan fingerprint density at radius 1 is 1.13 bits per heavy atom. The van der Waals surface area contributed by atoms with Crippen molar-refractivity contribution < 1.29 is 18.7 Å². The molecule has 1 amide bonds. The van der Waals surface area contributed by atoms with Gasteiger partial charge in [0.15, 0.2) is 11.5 Å². The monoisotopic (exact) mass is 413 g/mol. The van der Waals surface area contributed by atoms with Crippen LogP contribution in [-0.2, 0) is 11.3 Å². The van der Waals surface area contributed by atoms with Crippen molar-refractivity contribution in [2.75, 3.05) is 33.9 Å². The maximum absolute atomic E-state index is 12.8. The number of hydrogen-bond acceptors (Lipinski definition) is 6. The Balaban J connectivity index is 1.46. The van der Waals surface area contributed by atoms with Gasteiger partial charge in [-0.05, 0) is 31.9 Å². The van der Waals surface area contributed by atoms with Crippen molar-refractivity contribution >= 4 is 5.91 Å². The van der Waals surface area contributed by atoms with Gasteiger partial charge in [0.1, 0.15) is 5.76 Å². The summed E-state index contributed by atoms with van der Waals surface area (Å²) in [4.78, 5) is 21.8. The molecule has 7 heteroatoms. The Labute approximate surface area is 178 Å². The summed E-state index contributed by atoms with van der Waals surface area (Å²) in [7, 11) is 3.22. The lowest BCUT2D eigenvalue weighted by atomic mass is 9.93. The number of rotatable bonds is 6. The van der Waals surface area contributed by atoms with Crippen LogP contribution in [0.1, 0.15) is 43.6 Å². The minimum absolute atomic E-state index is 0.240. The summed E-state index contributed by atoms with van der Waals surface area (Å²) in [5.74, 6) is 2.74. The van der Waals surface area contributed by atoms with Gasteiger partial charge in [0.25, 0.3) is 0 Å². The second kappa shape index (κ2) is 9.08. The molecule has 1 aliphatic carbocycles. The van der Waals surface area contributed by atoms with Gasteiger partial charge in [-0.25, -0.2) is 4.98 Å². The van der Waals surface area contributed by atoms with Crippen molar-refractivity contribution in [2.45, 2.75) is 51.6 Å². The van der Waals surface area contributed by atoms with E-state index in [1.165, 1.54) is 19.3 Å². The van der Waals surface area contributed by atoms with Gasteiger partial charge in [-0.1, -0.05) is 25.3 Å². The third-order valence-corrected chi connectivity index (χ3v) is 6.25. The highest BCUT2D eigenvalue weighted by Crippen LogP contribution is 2.38. The Morgan fingerprint density at radius 3 is 2.63 bits per heavy atom. The van der Waals surface area contributed by atoms with Crippen LogP contribution in [0.5, 0.6) is 11.5 Å². The first kappa shape index (κ1) is 20.7. The molecule has 4 rings (SSSR count). The molecule has 0 unspecified atom stereocenters. The SMILES string of the molecule is COc1cccc(-c2nc(CN3CCN(C4CCCCC4)C(=O)C3)c(C)o2)c1OC. The van der Waals surface area contributed by atoms with Crippen LogP contribution >= 0.6 is 0 Å². The van der Waals surface area contributed by atoms with E-state index in [4.69, 9.17) is 18.9 Å². The molecule has 0 spiro atoms. The number of carbonyl (C=O) groups excluding carboxylic acids is 1. The van der Waals surface area contributed by atoms with Gasteiger partial charge in [-0.15, -0.1) is 0 Å². The topological polar surface area (TPSA) is 68.0 Å². The predicted octanol–water partition coefficient (Wildman–Crippen LogP) is 3.64. The summed E-state index contributed by atoms with van der Waals surface area (Å²) in [6.07, 6.45) is 6.09. The maximum atomic E-state index is 12.8. The average Bonchev–Trinajstić information content (AvgIpc) is 3.13. The maximum Gasteiger partial charge on any atom is 0.237 e. The van der Waals surface area contributed by atoms with Gasteiger partial charge in [-0.2, -0.15) is 0 Å². The van der Waals surface area contributed by atoms with E-state index in [-0.39, 0.29) is 5.91 Å². The van der Waals surface area contributed by atoms with E-state index in [0.29, 0.717) is 36.5 Å². The minimum atomic E-state index is 0.240. The summed E-state index contributed by atoms with van der Waals surface area (Å²) in [6.45, 7) is 4.63. The fourth-order valence-electron chi connectivity index (χ4n) is 4.61. The second-order valence-electron chi connectivity index (χ2n) is 8.15. The van der Waals surface area contributed by atoms with Crippen molar-refractivity contribution in [3.05, 3.63) is 29.7 Å². The lowest BCUT2D eigenvalue weighted by molar-refractivity contribution is -0.139. The molecular formula is C23H31N3O4. The molecule has 0 atom stereocenters. The van der Waals surface area contributed by atoms with E-state index in [0.717, 1.165) is 42.9 Å². The summed E-state index contributed by atoms with van der Waals surface area (Å²) < 4.78 is 16.9. The number of methoxy groups -OCH3 is 2. The zero-order valence-corrected chi connectivity index (χ0v) is 18.1. The highest BCUT2D eigenvalue weighted by molar-refractivity contribution is 5.79. The standard InChI is InChI=1S/C23H31N3O4/c1-16-19(24-23(30-16)18-10-7-11-20(28-2)22(18)29-3)14-25-12-13-26(21(27)15-25)17-8-5-4-6-9-17/h7,10-11,17H,4-6,8-9,12-15H2,1-3H3.